The lowest BCUT2D eigenvalue weighted by Crippen LogP contribution is -2.29. The quantitative estimate of drug-likeness (QED) is 0.531. The maximum absolute atomic E-state index is 12.0. The summed E-state index contributed by atoms with van der Waals surface area (Å²) in [6.07, 6.45) is 8.42. The predicted octanol–water partition coefficient (Wildman–Crippen LogP) is 4.06. The number of allylic oxidation sites excluding steroid dienone is 1. The van der Waals surface area contributed by atoms with Gasteiger partial charge in [-0.25, -0.2) is 0 Å². The van der Waals surface area contributed by atoms with E-state index in [1.807, 2.05) is 31.2 Å². The Bertz CT molecular complexity index is 593. The molecule has 0 atom stereocenters. The fraction of sp³-hybridized carbons (Fsp3) is 0.450. The Morgan fingerprint density at radius 1 is 1.33 bits per heavy atom. The first-order valence-corrected chi connectivity index (χ1v) is 8.69. The third-order valence-corrected chi connectivity index (χ3v) is 3.90. The minimum atomic E-state index is -0.0373. The Morgan fingerprint density at radius 3 is 2.96 bits per heavy atom. The number of rotatable bonds is 9. The third-order valence-electron chi connectivity index (χ3n) is 3.90. The van der Waals surface area contributed by atoms with E-state index in [2.05, 4.69) is 23.3 Å². The van der Waals surface area contributed by atoms with Crippen molar-refractivity contribution < 1.29 is 9.53 Å². The third kappa shape index (κ3) is 7.01. The number of carbonyl (C=O) groups excluding carboxylic acids is 1. The molecular weight excluding hydrogens is 300 g/mol. The van der Waals surface area contributed by atoms with Gasteiger partial charge in [0.05, 0.1) is 6.54 Å². The summed E-state index contributed by atoms with van der Waals surface area (Å²) in [5.74, 6) is 0.692. The van der Waals surface area contributed by atoms with E-state index in [1.165, 1.54) is 31.3 Å². The Kier molecular flexibility index (Phi) is 7.56. The van der Waals surface area contributed by atoms with Gasteiger partial charge in [0.2, 0.25) is 5.91 Å². The van der Waals surface area contributed by atoms with Gasteiger partial charge in [0.25, 0.3) is 0 Å². The maximum Gasteiger partial charge on any atom is 0.238 e. The van der Waals surface area contributed by atoms with Crippen molar-refractivity contribution in [2.24, 2.45) is 0 Å². The molecule has 2 N–H and O–H groups in total. The van der Waals surface area contributed by atoms with Crippen LogP contribution in [-0.4, -0.2) is 25.6 Å². The van der Waals surface area contributed by atoms with Crippen molar-refractivity contribution in [3.05, 3.63) is 48.1 Å². The number of hydrogen-bond donors (Lipinski definition) is 2. The van der Waals surface area contributed by atoms with Crippen molar-refractivity contribution in [2.45, 2.75) is 39.0 Å². The zero-order chi connectivity index (χ0) is 17.2. The van der Waals surface area contributed by atoms with E-state index in [0.717, 1.165) is 30.0 Å². The minimum absolute atomic E-state index is 0.0373. The van der Waals surface area contributed by atoms with Crippen molar-refractivity contribution in [1.82, 2.24) is 5.32 Å². The maximum atomic E-state index is 12.0. The first kappa shape index (κ1) is 18.3. The van der Waals surface area contributed by atoms with Crippen LogP contribution in [0.25, 0.3) is 0 Å². The standard InChI is InChI=1S/C20H28N2O2/c1-16(2)15-24-19-10-6-9-18(13-19)22-20(23)14-21-12-11-17-7-4-3-5-8-17/h6-7,9-10,13,21H,1,3-5,8,11-12,14-15H2,2H3,(H,22,23). The van der Waals surface area contributed by atoms with Gasteiger partial charge in [0.15, 0.2) is 0 Å². The van der Waals surface area contributed by atoms with Gasteiger partial charge in [-0.2, -0.15) is 0 Å². The van der Waals surface area contributed by atoms with Crippen molar-refractivity contribution in [1.29, 1.82) is 0 Å². The summed E-state index contributed by atoms with van der Waals surface area (Å²) in [5, 5.41) is 6.10. The highest BCUT2D eigenvalue weighted by molar-refractivity contribution is 5.92. The van der Waals surface area contributed by atoms with Crippen LogP contribution in [0.2, 0.25) is 0 Å². The summed E-state index contributed by atoms with van der Waals surface area (Å²) in [4.78, 5) is 12.0. The molecule has 1 aliphatic rings. The monoisotopic (exact) mass is 328 g/mol. The molecule has 0 saturated heterocycles. The van der Waals surface area contributed by atoms with E-state index in [-0.39, 0.29) is 5.91 Å². The fourth-order valence-electron chi connectivity index (χ4n) is 2.66. The second-order valence-corrected chi connectivity index (χ2v) is 6.36. The van der Waals surface area contributed by atoms with Crippen LogP contribution in [0.1, 0.15) is 39.0 Å². The summed E-state index contributed by atoms with van der Waals surface area (Å²) in [6.45, 7) is 7.38. The SMILES string of the molecule is C=C(C)COc1cccc(NC(=O)CNCCC2=CCCCC2)c1. The minimum Gasteiger partial charge on any atom is -0.489 e. The molecule has 4 nitrogen and oxygen atoms in total. The summed E-state index contributed by atoms with van der Waals surface area (Å²) in [6, 6.07) is 7.42. The summed E-state index contributed by atoms with van der Waals surface area (Å²) in [5.41, 5.74) is 3.23. The van der Waals surface area contributed by atoms with E-state index in [0.29, 0.717) is 13.2 Å². The molecule has 4 heteroatoms. The van der Waals surface area contributed by atoms with E-state index in [4.69, 9.17) is 4.74 Å². The van der Waals surface area contributed by atoms with E-state index < -0.39 is 0 Å². The van der Waals surface area contributed by atoms with Crippen molar-refractivity contribution in [3.8, 4) is 5.75 Å². The molecule has 0 unspecified atom stereocenters. The van der Waals surface area contributed by atoms with Crippen LogP contribution in [0.15, 0.2) is 48.1 Å². The van der Waals surface area contributed by atoms with Crippen LogP contribution >= 0.6 is 0 Å². The lowest BCUT2D eigenvalue weighted by Gasteiger charge is -2.13. The molecule has 0 spiro atoms. The van der Waals surface area contributed by atoms with Gasteiger partial charge in [0.1, 0.15) is 12.4 Å². The average molecular weight is 328 g/mol. The van der Waals surface area contributed by atoms with Crippen LogP contribution in [0, 0.1) is 0 Å². The molecule has 0 heterocycles. The van der Waals surface area contributed by atoms with E-state index >= 15 is 0 Å². The molecule has 0 radical (unpaired) electrons. The first-order chi connectivity index (χ1) is 11.6. The molecule has 0 saturated carbocycles. The normalized spacial score (nSPS) is 14.0. The predicted molar refractivity (Wildman–Crippen MR) is 99.4 cm³/mol. The van der Waals surface area contributed by atoms with Crippen LogP contribution in [-0.2, 0) is 4.79 Å². The highest BCUT2D eigenvalue weighted by atomic mass is 16.5. The Labute approximate surface area is 145 Å². The number of anilines is 1. The number of carbonyl (C=O) groups is 1. The molecule has 1 aromatic rings. The molecule has 1 aromatic carbocycles. The van der Waals surface area contributed by atoms with Crippen molar-refractivity contribution in [3.63, 3.8) is 0 Å². The Balaban J connectivity index is 1.68. The number of ether oxygens (including phenoxy) is 1. The number of hydrogen-bond acceptors (Lipinski definition) is 3. The summed E-state index contributed by atoms with van der Waals surface area (Å²) >= 11 is 0. The van der Waals surface area contributed by atoms with Crippen molar-refractivity contribution in [2.75, 3.05) is 25.0 Å². The zero-order valence-corrected chi connectivity index (χ0v) is 14.6. The number of amides is 1. The Morgan fingerprint density at radius 2 is 2.21 bits per heavy atom. The van der Waals surface area contributed by atoms with Gasteiger partial charge < -0.3 is 15.4 Å². The largest absolute Gasteiger partial charge is 0.489 e. The van der Waals surface area contributed by atoms with Crippen LogP contribution in [0.5, 0.6) is 5.75 Å². The summed E-state index contributed by atoms with van der Waals surface area (Å²) < 4.78 is 5.58. The summed E-state index contributed by atoms with van der Waals surface area (Å²) in [7, 11) is 0. The van der Waals surface area contributed by atoms with E-state index in [9.17, 15) is 4.79 Å². The van der Waals surface area contributed by atoms with Gasteiger partial charge in [-0.3, -0.25) is 4.79 Å². The number of benzene rings is 1. The molecule has 1 amide bonds. The highest BCUT2D eigenvalue weighted by Crippen LogP contribution is 2.19. The molecular formula is C20H28N2O2. The molecule has 0 fully saturated rings. The average Bonchev–Trinajstić information content (AvgIpc) is 2.58. The van der Waals surface area contributed by atoms with Gasteiger partial charge >= 0.3 is 0 Å². The van der Waals surface area contributed by atoms with Gasteiger partial charge in [-0.1, -0.05) is 24.3 Å². The van der Waals surface area contributed by atoms with E-state index in [1.54, 1.807) is 0 Å². The van der Waals surface area contributed by atoms with Crippen LogP contribution in [0.3, 0.4) is 0 Å². The number of nitrogens with one attached hydrogen (secondary N) is 2. The van der Waals surface area contributed by atoms with Gasteiger partial charge in [-0.15, -0.1) is 0 Å². The molecule has 0 bridgehead atoms. The first-order valence-electron chi connectivity index (χ1n) is 8.69. The second kappa shape index (κ2) is 9.93. The molecule has 130 valence electrons. The Hall–Kier alpha value is -2.07. The lowest BCUT2D eigenvalue weighted by molar-refractivity contribution is -0.115. The zero-order valence-electron chi connectivity index (χ0n) is 14.6. The van der Waals surface area contributed by atoms with Crippen molar-refractivity contribution >= 4 is 11.6 Å². The smallest absolute Gasteiger partial charge is 0.238 e. The lowest BCUT2D eigenvalue weighted by atomic mass is 9.97. The topological polar surface area (TPSA) is 50.4 Å². The fourth-order valence-corrected chi connectivity index (χ4v) is 2.66. The molecule has 24 heavy (non-hydrogen) atoms. The molecule has 0 aliphatic heterocycles. The van der Waals surface area contributed by atoms with Gasteiger partial charge in [0, 0.05) is 11.8 Å². The molecule has 0 aromatic heterocycles. The second-order valence-electron chi connectivity index (χ2n) is 6.36. The van der Waals surface area contributed by atoms with Crippen LogP contribution in [0.4, 0.5) is 5.69 Å². The molecule has 2 rings (SSSR count). The molecule has 1 aliphatic carbocycles. The highest BCUT2D eigenvalue weighted by Gasteiger charge is 2.05. The van der Waals surface area contributed by atoms with Gasteiger partial charge in [-0.05, 0) is 63.3 Å². The van der Waals surface area contributed by atoms with Crippen LogP contribution < -0.4 is 15.4 Å².